The van der Waals surface area contributed by atoms with Gasteiger partial charge in [-0.15, -0.1) is 0 Å². The molecule has 1 aliphatic heterocycles. The summed E-state index contributed by atoms with van der Waals surface area (Å²) in [6.07, 6.45) is 1.72. The molecular weight excluding hydrogens is 410 g/mol. The van der Waals surface area contributed by atoms with Crippen molar-refractivity contribution in [3.05, 3.63) is 81.7 Å². The van der Waals surface area contributed by atoms with Crippen LogP contribution in [0, 0.1) is 0 Å². The first-order chi connectivity index (χ1) is 15.0. The predicted octanol–water partition coefficient (Wildman–Crippen LogP) is 4.39. The summed E-state index contributed by atoms with van der Waals surface area (Å²) in [7, 11) is 2.07. The average Bonchev–Trinajstić information content (AvgIpc) is 2.79. The van der Waals surface area contributed by atoms with Gasteiger partial charge in [0.25, 0.3) is 11.5 Å². The van der Waals surface area contributed by atoms with Crippen LogP contribution in [0.4, 0.5) is 0 Å². The van der Waals surface area contributed by atoms with Gasteiger partial charge in [0.1, 0.15) is 0 Å². The number of hydrogen-bond donors (Lipinski definition) is 1. The van der Waals surface area contributed by atoms with Gasteiger partial charge in [-0.05, 0) is 53.0 Å². The van der Waals surface area contributed by atoms with Crippen molar-refractivity contribution >= 4 is 39.1 Å². The lowest BCUT2D eigenvalue weighted by Crippen LogP contribution is -2.47. The third-order valence-corrected chi connectivity index (χ3v) is 6.29. The van der Waals surface area contributed by atoms with Crippen LogP contribution in [0.3, 0.4) is 0 Å². The summed E-state index contributed by atoms with van der Waals surface area (Å²) in [5.41, 5.74) is 2.27. The van der Waals surface area contributed by atoms with Crippen LogP contribution in [0.15, 0.2) is 65.6 Å². The van der Waals surface area contributed by atoms with Gasteiger partial charge in [-0.2, -0.15) is 0 Å². The molecule has 1 fully saturated rings. The standard InChI is InChI=1S/C25H22ClN3O2/c1-28-9-11-29(12-10-28)25(31)18-4-2-3-17(13-18)22-15-27-24(30)23-20(22)8-6-16-5-7-19(26)14-21(16)23/h2-8,13-15H,9-12H2,1H3,(H,27,30). The molecule has 156 valence electrons. The average molecular weight is 432 g/mol. The molecule has 0 unspecified atom stereocenters. The van der Waals surface area contributed by atoms with Gasteiger partial charge in [0.15, 0.2) is 0 Å². The maximum absolute atomic E-state index is 13.1. The van der Waals surface area contributed by atoms with E-state index in [1.165, 1.54) is 0 Å². The molecule has 0 bridgehead atoms. The van der Waals surface area contributed by atoms with Crippen molar-refractivity contribution in [2.75, 3.05) is 33.2 Å². The Bertz CT molecular complexity index is 1370. The topological polar surface area (TPSA) is 56.4 Å². The number of piperazine rings is 1. The number of carbonyl (C=O) groups excluding carboxylic acids is 1. The Hall–Kier alpha value is -3.15. The van der Waals surface area contributed by atoms with Gasteiger partial charge in [-0.1, -0.05) is 41.9 Å². The van der Waals surface area contributed by atoms with Gasteiger partial charge < -0.3 is 14.8 Å². The molecule has 5 nitrogen and oxygen atoms in total. The number of H-pyrrole nitrogens is 1. The third-order valence-electron chi connectivity index (χ3n) is 6.06. The summed E-state index contributed by atoms with van der Waals surface area (Å²) in [6, 6.07) is 17.2. The normalized spacial score (nSPS) is 15.0. The van der Waals surface area contributed by atoms with Crippen molar-refractivity contribution in [3.63, 3.8) is 0 Å². The van der Waals surface area contributed by atoms with Crippen molar-refractivity contribution in [1.82, 2.24) is 14.8 Å². The number of hydrogen-bond acceptors (Lipinski definition) is 3. The third kappa shape index (κ3) is 3.60. The number of aromatic amines is 1. The molecule has 0 spiro atoms. The summed E-state index contributed by atoms with van der Waals surface area (Å²) in [5, 5.41) is 3.80. The second-order valence-corrected chi connectivity index (χ2v) is 8.50. The van der Waals surface area contributed by atoms with E-state index in [-0.39, 0.29) is 11.5 Å². The Kier molecular flexibility index (Phi) is 5.00. The monoisotopic (exact) mass is 431 g/mol. The second kappa shape index (κ2) is 7.84. The molecule has 5 rings (SSSR count). The molecule has 2 heterocycles. The van der Waals surface area contributed by atoms with Crippen LogP contribution in [0.5, 0.6) is 0 Å². The number of benzene rings is 3. The highest BCUT2D eigenvalue weighted by Crippen LogP contribution is 2.32. The fraction of sp³-hybridized carbons (Fsp3) is 0.200. The van der Waals surface area contributed by atoms with E-state index >= 15 is 0 Å². The van der Waals surface area contributed by atoms with Crippen molar-refractivity contribution in [2.45, 2.75) is 0 Å². The highest BCUT2D eigenvalue weighted by atomic mass is 35.5. The zero-order valence-corrected chi connectivity index (χ0v) is 17.9. The molecule has 1 amide bonds. The van der Waals surface area contributed by atoms with E-state index in [1.807, 2.05) is 59.5 Å². The Labute approximate surface area is 184 Å². The molecule has 31 heavy (non-hydrogen) atoms. The van der Waals surface area contributed by atoms with Gasteiger partial charge in [0, 0.05) is 48.5 Å². The molecule has 0 aliphatic carbocycles. The Balaban J connectivity index is 1.62. The Morgan fingerprint density at radius 2 is 1.74 bits per heavy atom. The van der Waals surface area contributed by atoms with E-state index in [0.717, 1.165) is 53.5 Å². The number of rotatable bonds is 2. The van der Waals surface area contributed by atoms with Crippen molar-refractivity contribution < 1.29 is 4.79 Å². The van der Waals surface area contributed by atoms with E-state index in [9.17, 15) is 9.59 Å². The summed E-state index contributed by atoms with van der Waals surface area (Å²) >= 11 is 6.21. The minimum Gasteiger partial charge on any atom is -0.336 e. The first-order valence-electron chi connectivity index (χ1n) is 10.3. The molecule has 3 aromatic carbocycles. The number of amides is 1. The molecule has 0 saturated carbocycles. The van der Waals surface area contributed by atoms with Crippen LogP contribution >= 0.6 is 11.6 Å². The number of likely N-dealkylation sites (N-methyl/N-ethyl adjacent to an activating group) is 1. The Morgan fingerprint density at radius 3 is 2.55 bits per heavy atom. The zero-order valence-electron chi connectivity index (χ0n) is 17.2. The number of nitrogens with one attached hydrogen (secondary N) is 1. The molecule has 1 aromatic heterocycles. The van der Waals surface area contributed by atoms with E-state index in [2.05, 4.69) is 16.9 Å². The quantitative estimate of drug-likeness (QED) is 0.479. The smallest absolute Gasteiger partial charge is 0.256 e. The van der Waals surface area contributed by atoms with E-state index in [4.69, 9.17) is 11.6 Å². The zero-order chi connectivity index (χ0) is 21.5. The molecular formula is C25H22ClN3O2. The number of pyridine rings is 1. The number of halogens is 1. The minimum absolute atomic E-state index is 0.0425. The van der Waals surface area contributed by atoms with E-state index < -0.39 is 0 Å². The van der Waals surface area contributed by atoms with Crippen LogP contribution in [-0.4, -0.2) is 53.9 Å². The van der Waals surface area contributed by atoms with Crippen LogP contribution in [0.2, 0.25) is 5.02 Å². The number of carbonyl (C=O) groups is 1. The number of aromatic nitrogens is 1. The fourth-order valence-corrected chi connectivity index (χ4v) is 4.47. The first-order valence-corrected chi connectivity index (χ1v) is 10.7. The maximum Gasteiger partial charge on any atom is 0.256 e. The largest absolute Gasteiger partial charge is 0.336 e. The van der Waals surface area contributed by atoms with E-state index in [1.54, 1.807) is 6.20 Å². The summed E-state index contributed by atoms with van der Waals surface area (Å²) < 4.78 is 0. The minimum atomic E-state index is -0.156. The van der Waals surface area contributed by atoms with Gasteiger partial charge >= 0.3 is 0 Å². The molecule has 1 saturated heterocycles. The molecule has 1 N–H and O–H groups in total. The maximum atomic E-state index is 13.1. The fourth-order valence-electron chi connectivity index (χ4n) is 4.30. The van der Waals surface area contributed by atoms with Crippen molar-refractivity contribution in [2.24, 2.45) is 0 Å². The van der Waals surface area contributed by atoms with Crippen LogP contribution in [0.25, 0.3) is 32.7 Å². The Morgan fingerprint density at radius 1 is 0.968 bits per heavy atom. The number of nitrogens with zero attached hydrogens (tertiary/aromatic N) is 2. The van der Waals surface area contributed by atoms with Gasteiger partial charge in [-0.3, -0.25) is 9.59 Å². The second-order valence-electron chi connectivity index (χ2n) is 8.06. The van der Waals surface area contributed by atoms with Gasteiger partial charge in [-0.25, -0.2) is 0 Å². The van der Waals surface area contributed by atoms with Crippen molar-refractivity contribution in [1.29, 1.82) is 0 Å². The van der Waals surface area contributed by atoms with Crippen LogP contribution in [0.1, 0.15) is 10.4 Å². The van der Waals surface area contributed by atoms with Gasteiger partial charge in [0.2, 0.25) is 0 Å². The molecule has 4 aromatic rings. The van der Waals surface area contributed by atoms with E-state index in [0.29, 0.717) is 16.0 Å². The summed E-state index contributed by atoms with van der Waals surface area (Å²) in [6.45, 7) is 3.22. The molecule has 0 radical (unpaired) electrons. The highest BCUT2D eigenvalue weighted by molar-refractivity contribution is 6.32. The summed E-state index contributed by atoms with van der Waals surface area (Å²) in [5.74, 6) is 0.0425. The molecule has 0 atom stereocenters. The van der Waals surface area contributed by atoms with Gasteiger partial charge in [0.05, 0.1) is 5.39 Å². The predicted molar refractivity (Wildman–Crippen MR) is 126 cm³/mol. The first kappa shape index (κ1) is 19.8. The highest BCUT2D eigenvalue weighted by Gasteiger charge is 2.21. The SMILES string of the molecule is CN1CCN(C(=O)c2cccc(-c3c[nH]c(=O)c4c3ccc3ccc(Cl)cc34)c2)CC1. The van der Waals surface area contributed by atoms with Crippen LogP contribution < -0.4 is 5.56 Å². The lowest BCUT2D eigenvalue weighted by atomic mass is 9.96. The molecule has 6 heteroatoms. The summed E-state index contributed by atoms with van der Waals surface area (Å²) in [4.78, 5) is 32.8. The molecule has 1 aliphatic rings. The van der Waals surface area contributed by atoms with Crippen LogP contribution in [-0.2, 0) is 0 Å². The number of fused-ring (bicyclic) bond motifs is 3. The lowest BCUT2D eigenvalue weighted by Gasteiger charge is -2.32. The lowest BCUT2D eigenvalue weighted by molar-refractivity contribution is 0.0664. The van der Waals surface area contributed by atoms with Crippen molar-refractivity contribution in [3.8, 4) is 11.1 Å².